The van der Waals surface area contributed by atoms with Crippen LogP contribution in [0.5, 0.6) is 0 Å². The maximum Gasteiger partial charge on any atom is 0.131 e. The van der Waals surface area contributed by atoms with Crippen molar-refractivity contribution < 1.29 is 0 Å². The molecule has 3 N–H and O–H groups in total. The molecule has 1 aromatic heterocycles. The monoisotopic (exact) mass is 164 g/mol. The lowest BCUT2D eigenvalue weighted by Gasteiger charge is -1.99. The first-order valence-electron chi connectivity index (χ1n) is 4.14. The second kappa shape index (κ2) is 3.16. The molecule has 0 spiro atoms. The summed E-state index contributed by atoms with van der Waals surface area (Å²) in [6, 6.07) is 0. The predicted octanol–water partition coefficient (Wildman–Crippen LogP) is 0.317. The summed E-state index contributed by atoms with van der Waals surface area (Å²) in [5.41, 5.74) is 3.60. The average Bonchev–Trinajstić information content (AvgIpc) is 2.89. The Morgan fingerprint density at radius 3 is 2.58 bits per heavy atom. The second-order valence-electron chi connectivity index (χ2n) is 3.10. The van der Waals surface area contributed by atoms with E-state index in [9.17, 15) is 0 Å². The average molecular weight is 164 g/mol. The van der Waals surface area contributed by atoms with E-state index >= 15 is 0 Å². The van der Waals surface area contributed by atoms with E-state index in [0.29, 0.717) is 12.5 Å². The largest absolute Gasteiger partial charge is 0.271 e. The number of hydrazine groups is 1. The lowest BCUT2D eigenvalue weighted by atomic mass is 10.3. The minimum Gasteiger partial charge on any atom is -0.271 e. The van der Waals surface area contributed by atoms with E-state index in [2.05, 4.69) is 15.4 Å². The number of aromatic nitrogens is 2. The molecule has 1 aliphatic carbocycles. The minimum absolute atomic E-state index is 0.630. The Morgan fingerprint density at radius 2 is 2.08 bits per heavy atom. The van der Waals surface area contributed by atoms with Gasteiger partial charge in [-0.1, -0.05) is 0 Å². The third kappa shape index (κ3) is 1.60. The van der Waals surface area contributed by atoms with Gasteiger partial charge >= 0.3 is 0 Å². The Labute approximate surface area is 71.2 Å². The molecule has 0 radical (unpaired) electrons. The summed E-state index contributed by atoms with van der Waals surface area (Å²) in [4.78, 5) is 8.51. The summed E-state index contributed by atoms with van der Waals surface area (Å²) in [5, 5.41) is 0. The molecule has 0 unspecified atom stereocenters. The SMILES string of the molecule is NNCc1cnc(C2CC2)nc1. The number of nitrogens with zero attached hydrogens (tertiary/aromatic N) is 2. The molecule has 1 aliphatic rings. The van der Waals surface area contributed by atoms with Gasteiger partial charge in [0.25, 0.3) is 0 Å². The van der Waals surface area contributed by atoms with Crippen LogP contribution in [0.1, 0.15) is 30.1 Å². The number of hydrogen-bond donors (Lipinski definition) is 2. The zero-order valence-electron chi connectivity index (χ0n) is 6.83. The maximum atomic E-state index is 5.17. The fourth-order valence-corrected chi connectivity index (χ4v) is 1.13. The Balaban J connectivity index is 2.08. The number of hydrogen-bond acceptors (Lipinski definition) is 4. The van der Waals surface area contributed by atoms with Crippen molar-refractivity contribution in [2.75, 3.05) is 0 Å². The molecule has 12 heavy (non-hydrogen) atoms. The third-order valence-electron chi connectivity index (χ3n) is 1.97. The van der Waals surface area contributed by atoms with Gasteiger partial charge in [0.15, 0.2) is 0 Å². The summed E-state index contributed by atoms with van der Waals surface area (Å²) in [6.45, 7) is 0.630. The molecule has 4 heteroatoms. The van der Waals surface area contributed by atoms with Crippen molar-refractivity contribution in [3.8, 4) is 0 Å². The normalized spacial score (nSPS) is 16.4. The molecule has 0 atom stereocenters. The molecule has 1 heterocycles. The summed E-state index contributed by atoms with van der Waals surface area (Å²) < 4.78 is 0. The van der Waals surface area contributed by atoms with E-state index in [-0.39, 0.29) is 0 Å². The fraction of sp³-hybridized carbons (Fsp3) is 0.500. The second-order valence-corrected chi connectivity index (χ2v) is 3.10. The molecule has 1 aromatic rings. The van der Waals surface area contributed by atoms with Gasteiger partial charge in [-0.3, -0.25) is 11.3 Å². The van der Waals surface area contributed by atoms with Crippen LogP contribution in [0.4, 0.5) is 0 Å². The molecule has 0 saturated heterocycles. The first-order chi connectivity index (χ1) is 5.90. The van der Waals surface area contributed by atoms with Crippen LogP contribution in [0.25, 0.3) is 0 Å². The highest BCUT2D eigenvalue weighted by atomic mass is 15.2. The van der Waals surface area contributed by atoms with Crippen molar-refractivity contribution in [3.05, 3.63) is 23.8 Å². The van der Waals surface area contributed by atoms with Gasteiger partial charge in [-0.05, 0) is 12.8 Å². The Morgan fingerprint density at radius 1 is 1.42 bits per heavy atom. The van der Waals surface area contributed by atoms with Gasteiger partial charge in [0.1, 0.15) is 5.82 Å². The Hall–Kier alpha value is -1.00. The fourth-order valence-electron chi connectivity index (χ4n) is 1.13. The van der Waals surface area contributed by atoms with Gasteiger partial charge in [-0.2, -0.15) is 0 Å². The molecule has 4 nitrogen and oxygen atoms in total. The van der Waals surface area contributed by atoms with E-state index in [1.54, 1.807) is 0 Å². The lowest BCUT2D eigenvalue weighted by Crippen LogP contribution is -2.21. The van der Waals surface area contributed by atoms with Crippen molar-refractivity contribution in [3.63, 3.8) is 0 Å². The summed E-state index contributed by atoms with van der Waals surface area (Å²) in [6.07, 6.45) is 6.16. The topological polar surface area (TPSA) is 63.8 Å². The molecule has 0 aliphatic heterocycles. The van der Waals surface area contributed by atoms with Crippen molar-refractivity contribution in [2.45, 2.75) is 25.3 Å². The van der Waals surface area contributed by atoms with Crippen LogP contribution in [0.2, 0.25) is 0 Å². The Bertz CT molecular complexity index is 252. The quantitative estimate of drug-likeness (QED) is 0.498. The zero-order valence-corrected chi connectivity index (χ0v) is 6.83. The first-order valence-corrected chi connectivity index (χ1v) is 4.14. The van der Waals surface area contributed by atoms with E-state index < -0.39 is 0 Å². The molecule has 0 aromatic carbocycles. The van der Waals surface area contributed by atoms with Crippen LogP contribution in [-0.4, -0.2) is 9.97 Å². The van der Waals surface area contributed by atoms with Crippen LogP contribution in [0, 0.1) is 0 Å². The van der Waals surface area contributed by atoms with Crippen molar-refractivity contribution in [1.82, 2.24) is 15.4 Å². The summed E-state index contributed by atoms with van der Waals surface area (Å²) >= 11 is 0. The molecule has 0 amide bonds. The highest BCUT2D eigenvalue weighted by Gasteiger charge is 2.25. The van der Waals surface area contributed by atoms with E-state index in [4.69, 9.17) is 5.84 Å². The minimum atomic E-state index is 0.630. The van der Waals surface area contributed by atoms with Crippen molar-refractivity contribution >= 4 is 0 Å². The highest BCUT2D eigenvalue weighted by molar-refractivity contribution is 5.10. The number of nitrogens with one attached hydrogen (secondary N) is 1. The van der Waals surface area contributed by atoms with Crippen LogP contribution in [-0.2, 0) is 6.54 Å². The van der Waals surface area contributed by atoms with Gasteiger partial charge < -0.3 is 0 Å². The first kappa shape index (κ1) is 7.64. The van der Waals surface area contributed by atoms with Gasteiger partial charge in [-0.25, -0.2) is 9.97 Å². The molecule has 2 rings (SSSR count). The van der Waals surface area contributed by atoms with Gasteiger partial charge in [0, 0.05) is 30.4 Å². The van der Waals surface area contributed by atoms with Crippen LogP contribution < -0.4 is 11.3 Å². The number of nitrogens with two attached hydrogens (primary N) is 1. The van der Waals surface area contributed by atoms with Crippen LogP contribution >= 0.6 is 0 Å². The smallest absolute Gasteiger partial charge is 0.131 e. The van der Waals surface area contributed by atoms with Crippen molar-refractivity contribution in [1.29, 1.82) is 0 Å². The number of rotatable bonds is 3. The molecule has 1 fully saturated rings. The predicted molar refractivity (Wildman–Crippen MR) is 45.0 cm³/mol. The Kier molecular flexibility index (Phi) is 2.01. The third-order valence-corrected chi connectivity index (χ3v) is 1.97. The lowest BCUT2D eigenvalue weighted by molar-refractivity contribution is 0.730. The van der Waals surface area contributed by atoms with E-state index in [1.165, 1.54) is 12.8 Å². The van der Waals surface area contributed by atoms with E-state index in [0.717, 1.165) is 11.4 Å². The molecular weight excluding hydrogens is 152 g/mol. The molecule has 0 bridgehead atoms. The van der Waals surface area contributed by atoms with Crippen LogP contribution in [0.3, 0.4) is 0 Å². The maximum absolute atomic E-state index is 5.17. The standard InChI is InChI=1S/C8H12N4/c9-12-5-6-3-10-8(11-4-6)7-1-2-7/h3-4,7,12H,1-2,5,9H2. The van der Waals surface area contributed by atoms with Gasteiger partial charge in [0.2, 0.25) is 0 Å². The molecular formula is C8H12N4. The van der Waals surface area contributed by atoms with Crippen LogP contribution in [0.15, 0.2) is 12.4 Å². The zero-order chi connectivity index (χ0) is 8.39. The summed E-state index contributed by atoms with van der Waals surface area (Å²) in [7, 11) is 0. The highest BCUT2D eigenvalue weighted by Crippen LogP contribution is 2.37. The van der Waals surface area contributed by atoms with Crippen molar-refractivity contribution in [2.24, 2.45) is 5.84 Å². The van der Waals surface area contributed by atoms with Gasteiger partial charge in [0.05, 0.1) is 0 Å². The molecule has 64 valence electrons. The van der Waals surface area contributed by atoms with E-state index in [1.807, 2.05) is 12.4 Å². The summed E-state index contributed by atoms with van der Waals surface area (Å²) in [5.74, 6) is 6.78. The van der Waals surface area contributed by atoms with Gasteiger partial charge in [-0.15, -0.1) is 0 Å². The molecule has 1 saturated carbocycles.